The standard InChI is InChI=1S/C12H15BrFNO2/c1-7(2)11(16)6-15-12(17)9-5-8(13)3-4-10(9)14/h3-5,7,11,16H,6H2,1-2H3,(H,15,17). The van der Waals surface area contributed by atoms with Crippen molar-refractivity contribution in [3.05, 3.63) is 34.1 Å². The third-order valence-electron chi connectivity index (χ3n) is 2.41. The number of carbonyl (C=O) groups is 1. The van der Waals surface area contributed by atoms with Crippen molar-refractivity contribution in [1.29, 1.82) is 0 Å². The van der Waals surface area contributed by atoms with Crippen LogP contribution in [-0.4, -0.2) is 23.7 Å². The summed E-state index contributed by atoms with van der Waals surface area (Å²) in [6, 6.07) is 4.15. The normalized spacial score (nSPS) is 12.6. The van der Waals surface area contributed by atoms with Crippen molar-refractivity contribution in [3.63, 3.8) is 0 Å². The van der Waals surface area contributed by atoms with Crippen LogP contribution in [0.15, 0.2) is 22.7 Å². The van der Waals surface area contributed by atoms with Crippen LogP contribution in [-0.2, 0) is 0 Å². The van der Waals surface area contributed by atoms with E-state index in [-0.39, 0.29) is 18.0 Å². The van der Waals surface area contributed by atoms with E-state index in [1.807, 2.05) is 13.8 Å². The van der Waals surface area contributed by atoms with E-state index >= 15 is 0 Å². The van der Waals surface area contributed by atoms with E-state index in [0.29, 0.717) is 4.47 Å². The van der Waals surface area contributed by atoms with Crippen molar-refractivity contribution < 1.29 is 14.3 Å². The Bertz CT molecular complexity index is 409. The van der Waals surface area contributed by atoms with Gasteiger partial charge in [-0.2, -0.15) is 0 Å². The van der Waals surface area contributed by atoms with Crippen molar-refractivity contribution in [1.82, 2.24) is 5.32 Å². The summed E-state index contributed by atoms with van der Waals surface area (Å²) in [7, 11) is 0. The second-order valence-corrected chi connectivity index (χ2v) is 5.06. The molecule has 0 radical (unpaired) electrons. The van der Waals surface area contributed by atoms with Crippen LogP contribution in [0.4, 0.5) is 4.39 Å². The molecule has 0 saturated carbocycles. The monoisotopic (exact) mass is 303 g/mol. The summed E-state index contributed by atoms with van der Waals surface area (Å²) in [5, 5.41) is 12.0. The minimum atomic E-state index is -0.630. The van der Waals surface area contributed by atoms with Crippen molar-refractivity contribution in [2.75, 3.05) is 6.54 Å². The highest BCUT2D eigenvalue weighted by atomic mass is 79.9. The molecule has 0 aliphatic heterocycles. The quantitative estimate of drug-likeness (QED) is 0.897. The predicted molar refractivity (Wildman–Crippen MR) is 67.3 cm³/mol. The Morgan fingerprint density at radius 1 is 1.53 bits per heavy atom. The zero-order valence-electron chi connectivity index (χ0n) is 9.71. The topological polar surface area (TPSA) is 49.3 Å². The Morgan fingerprint density at radius 2 is 2.18 bits per heavy atom. The average molecular weight is 304 g/mol. The van der Waals surface area contributed by atoms with Gasteiger partial charge in [0.15, 0.2) is 0 Å². The molecule has 0 aliphatic carbocycles. The number of benzene rings is 1. The van der Waals surface area contributed by atoms with Gasteiger partial charge >= 0.3 is 0 Å². The highest BCUT2D eigenvalue weighted by Crippen LogP contribution is 2.15. The first-order valence-corrected chi connectivity index (χ1v) is 6.12. The number of nitrogens with one attached hydrogen (secondary N) is 1. The molecule has 94 valence electrons. The van der Waals surface area contributed by atoms with Gasteiger partial charge in [-0.15, -0.1) is 0 Å². The van der Waals surface area contributed by atoms with E-state index in [1.165, 1.54) is 18.2 Å². The molecule has 1 atom stereocenters. The molecule has 17 heavy (non-hydrogen) atoms. The number of hydrogen-bond acceptors (Lipinski definition) is 2. The maximum atomic E-state index is 13.4. The molecule has 1 aromatic rings. The van der Waals surface area contributed by atoms with Crippen LogP contribution in [0.1, 0.15) is 24.2 Å². The first kappa shape index (κ1) is 14.1. The smallest absolute Gasteiger partial charge is 0.254 e. The zero-order valence-corrected chi connectivity index (χ0v) is 11.3. The summed E-state index contributed by atoms with van der Waals surface area (Å²) in [4.78, 5) is 11.7. The molecule has 0 aliphatic rings. The van der Waals surface area contributed by atoms with Crippen LogP contribution in [0.2, 0.25) is 0 Å². The number of aliphatic hydroxyl groups excluding tert-OH is 1. The number of rotatable bonds is 4. The van der Waals surface area contributed by atoms with Crippen LogP contribution in [0.5, 0.6) is 0 Å². The molecule has 1 amide bonds. The van der Waals surface area contributed by atoms with E-state index in [9.17, 15) is 14.3 Å². The number of aliphatic hydroxyl groups is 1. The summed E-state index contributed by atoms with van der Waals surface area (Å²) >= 11 is 3.17. The van der Waals surface area contributed by atoms with Crippen LogP contribution in [0.25, 0.3) is 0 Å². The fraction of sp³-hybridized carbons (Fsp3) is 0.417. The van der Waals surface area contributed by atoms with Crippen molar-refractivity contribution in [2.24, 2.45) is 5.92 Å². The molecule has 3 nitrogen and oxygen atoms in total. The Balaban J connectivity index is 2.67. The number of halogens is 2. The largest absolute Gasteiger partial charge is 0.391 e. The summed E-state index contributed by atoms with van der Waals surface area (Å²) in [6.45, 7) is 3.80. The third kappa shape index (κ3) is 4.09. The van der Waals surface area contributed by atoms with Crippen LogP contribution in [0.3, 0.4) is 0 Å². The summed E-state index contributed by atoms with van der Waals surface area (Å²) < 4.78 is 14.0. The molecule has 0 fully saturated rings. The molecule has 0 bridgehead atoms. The Labute approximate surface area is 108 Å². The molecular weight excluding hydrogens is 289 g/mol. The molecule has 1 rings (SSSR count). The summed E-state index contributed by atoms with van der Waals surface area (Å²) in [5.41, 5.74) is -0.0321. The molecule has 1 unspecified atom stereocenters. The number of carbonyl (C=O) groups excluding carboxylic acids is 1. The molecule has 5 heteroatoms. The second-order valence-electron chi connectivity index (χ2n) is 4.15. The first-order valence-electron chi connectivity index (χ1n) is 5.33. The van der Waals surface area contributed by atoms with Crippen LogP contribution < -0.4 is 5.32 Å². The van der Waals surface area contributed by atoms with Gasteiger partial charge in [0.25, 0.3) is 5.91 Å². The number of hydrogen-bond donors (Lipinski definition) is 2. The van der Waals surface area contributed by atoms with Gasteiger partial charge in [0.2, 0.25) is 0 Å². The zero-order chi connectivity index (χ0) is 13.0. The van der Waals surface area contributed by atoms with Gasteiger partial charge in [-0.05, 0) is 24.1 Å². The van der Waals surface area contributed by atoms with Gasteiger partial charge in [0.05, 0.1) is 11.7 Å². The molecule has 0 heterocycles. The lowest BCUT2D eigenvalue weighted by Gasteiger charge is -2.15. The minimum Gasteiger partial charge on any atom is -0.391 e. The maximum absolute atomic E-state index is 13.4. The van der Waals surface area contributed by atoms with Gasteiger partial charge in [-0.25, -0.2) is 4.39 Å². The summed E-state index contributed by atoms with van der Waals surface area (Å²) in [5.74, 6) is -1.06. The van der Waals surface area contributed by atoms with Gasteiger partial charge in [-0.1, -0.05) is 29.8 Å². The van der Waals surface area contributed by atoms with E-state index in [4.69, 9.17) is 0 Å². The van der Waals surface area contributed by atoms with E-state index in [1.54, 1.807) is 0 Å². The maximum Gasteiger partial charge on any atom is 0.254 e. The molecule has 0 spiro atoms. The number of amides is 1. The fourth-order valence-electron chi connectivity index (χ4n) is 1.20. The van der Waals surface area contributed by atoms with Gasteiger partial charge in [0.1, 0.15) is 5.82 Å². The van der Waals surface area contributed by atoms with Crippen LogP contribution in [0, 0.1) is 11.7 Å². The Hall–Kier alpha value is -0.940. The molecular formula is C12H15BrFNO2. The molecule has 0 aromatic heterocycles. The average Bonchev–Trinajstić information content (AvgIpc) is 2.28. The van der Waals surface area contributed by atoms with Gasteiger partial charge in [0, 0.05) is 11.0 Å². The first-order chi connectivity index (χ1) is 7.91. The Kier molecular flexibility index (Phi) is 5.08. The SMILES string of the molecule is CC(C)C(O)CNC(=O)c1cc(Br)ccc1F. The van der Waals surface area contributed by atoms with Gasteiger partial charge in [-0.3, -0.25) is 4.79 Å². The minimum absolute atomic E-state index is 0.0321. The van der Waals surface area contributed by atoms with Crippen LogP contribution >= 0.6 is 15.9 Å². The predicted octanol–water partition coefficient (Wildman–Crippen LogP) is 2.33. The lowest BCUT2D eigenvalue weighted by molar-refractivity contribution is 0.0868. The Morgan fingerprint density at radius 3 is 2.76 bits per heavy atom. The van der Waals surface area contributed by atoms with Crippen molar-refractivity contribution in [3.8, 4) is 0 Å². The van der Waals surface area contributed by atoms with Gasteiger partial charge < -0.3 is 10.4 Å². The fourth-order valence-corrected chi connectivity index (χ4v) is 1.56. The van der Waals surface area contributed by atoms with E-state index < -0.39 is 17.8 Å². The molecule has 2 N–H and O–H groups in total. The van der Waals surface area contributed by atoms with E-state index in [0.717, 1.165) is 0 Å². The highest BCUT2D eigenvalue weighted by molar-refractivity contribution is 9.10. The third-order valence-corrected chi connectivity index (χ3v) is 2.91. The lowest BCUT2D eigenvalue weighted by Crippen LogP contribution is -2.35. The molecule has 0 saturated heterocycles. The molecule has 1 aromatic carbocycles. The van der Waals surface area contributed by atoms with Crippen molar-refractivity contribution >= 4 is 21.8 Å². The van der Waals surface area contributed by atoms with Crippen molar-refractivity contribution in [2.45, 2.75) is 20.0 Å². The highest BCUT2D eigenvalue weighted by Gasteiger charge is 2.15. The second kappa shape index (κ2) is 6.12. The van der Waals surface area contributed by atoms with E-state index in [2.05, 4.69) is 21.2 Å². The summed E-state index contributed by atoms with van der Waals surface area (Å²) in [6.07, 6.45) is -0.630. The lowest BCUT2D eigenvalue weighted by atomic mass is 10.1.